The number of H-pyrrole nitrogens is 2. The molecule has 2 aromatic rings. The smallest absolute Gasteiger partial charge is 0.260 e. The molecule has 0 aromatic carbocycles. The zero-order chi connectivity index (χ0) is 10.4. The van der Waals surface area contributed by atoms with Gasteiger partial charge in [0, 0.05) is 0 Å². The lowest BCUT2D eigenvalue weighted by molar-refractivity contribution is -0.383. The van der Waals surface area contributed by atoms with E-state index in [-0.39, 0.29) is 11.8 Å². The average Bonchev–Trinajstić information content (AvgIpc) is 2.58. The molecule has 3 rings (SSSR count). The van der Waals surface area contributed by atoms with Crippen LogP contribution >= 0.6 is 0 Å². The minimum Gasteiger partial charge on any atom is -0.339 e. The Morgan fingerprint density at radius 2 is 2.27 bits per heavy atom. The van der Waals surface area contributed by atoms with Gasteiger partial charge in [-0.1, -0.05) is 0 Å². The van der Waals surface area contributed by atoms with Crippen molar-refractivity contribution >= 4 is 11.0 Å². The average molecular weight is 207 g/mol. The fourth-order valence-corrected chi connectivity index (χ4v) is 1.60. The summed E-state index contributed by atoms with van der Waals surface area (Å²) in [7, 11) is 0. The van der Waals surface area contributed by atoms with E-state index < -0.39 is 6.29 Å². The monoisotopic (exact) mass is 207 g/mol. The molecule has 6 nitrogen and oxygen atoms in total. The fraction of sp³-hybridized carbons (Fsp3) is 0.333. The van der Waals surface area contributed by atoms with Crippen molar-refractivity contribution in [2.75, 3.05) is 0 Å². The SMILES string of the molecule is CC1OC(c2cc3c(=O)[nH]cnc3[nH]2)O1. The number of hydrogen-bond acceptors (Lipinski definition) is 4. The van der Waals surface area contributed by atoms with E-state index in [1.807, 2.05) is 6.92 Å². The molecular weight excluding hydrogens is 198 g/mol. The van der Waals surface area contributed by atoms with Crippen LogP contribution in [0.2, 0.25) is 0 Å². The Balaban J connectivity index is 2.07. The zero-order valence-electron chi connectivity index (χ0n) is 7.98. The van der Waals surface area contributed by atoms with Crippen molar-refractivity contribution in [2.45, 2.75) is 19.5 Å². The zero-order valence-corrected chi connectivity index (χ0v) is 7.98. The second kappa shape index (κ2) is 2.91. The van der Waals surface area contributed by atoms with Crippen molar-refractivity contribution in [1.29, 1.82) is 0 Å². The van der Waals surface area contributed by atoms with E-state index in [0.29, 0.717) is 16.7 Å². The van der Waals surface area contributed by atoms with Gasteiger partial charge in [0.25, 0.3) is 5.56 Å². The number of ether oxygens (including phenoxy) is 2. The number of aromatic amines is 2. The predicted molar refractivity (Wildman–Crippen MR) is 51.1 cm³/mol. The molecule has 3 heterocycles. The molecule has 78 valence electrons. The van der Waals surface area contributed by atoms with Crippen LogP contribution in [-0.4, -0.2) is 21.2 Å². The predicted octanol–water partition coefficient (Wildman–Crippen LogP) is 0.643. The minimum atomic E-state index is -0.409. The van der Waals surface area contributed by atoms with Gasteiger partial charge in [0.05, 0.1) is 17.4 Å². The topological polar surface area (TPSA) is 80.0 Å². The Labute approximate surface area is 84.2 Å². The highest BCUT2D eigenvalue weighted by atomic mass is 16.9. The molecule has 15 heavy (non-hydrogen) atoms. The van der Waals surface area contributed by atoms with Gasteiger partial charge in [-0.05, 0) is 13.0 Å². The molecule has 6 heteroatoms. The maximum Gasteiger partial charge on any atom is 0.260 e. The second-order valence-corrected chi connectivity index (χ2v) is 3.39. The van der Waals surface area contributed by atoms with E-state index in [1.165, 1.54) is 6.33 Å². The van der Waals surface area contributed by atoms with Crippen LogP contribution in [0.15, 0.2) is 17.2 Å². The Morgan fingerprint density at radius 1 is 1.47 bits per heavy atom. The van der Waals surface area contributed by atoms with Gasteiger partial charge in [-0.15, -0.1) is 0 Å². The number of aromatic nitrogens is 3. The lowest BCUT2D eigenvalue weighted by Crippen LogP contribution is -2.31. The number of rotatable bonds is 1. The van der Waals surface area contributed by atoms with Crippen LogP contribution in [0, 0.1) is 0 Å². The summed E-state index contributed by atoms with van der Waals surface area (Å²) in [6.07, 6.45) is 0.761. The van der Waals surface area contributed by atoms with Gasteiger partial charge in [-0.3, -0.25) is 4.79 Å². The van der Waals surface area contributed by atoms with Crippen LogP contribution in [-0.2, 0) is 9.47 Å². The normalized spacial score (nSPS) is 25.4. The summed E-state index contributed by atoms with van der Waals surface area (Å²) in [5.41, 5.74) is 1.09. The summed E-state index contributed by atoms with van der Waals surface area (Å²) in [6.45, 7) is 1.81. The van der Waals surface area contributed by atoms with Gasteiger partial charge in [-0.2, -0.15) is 0 Å². The van der Waals surface area contributed by atoms with Crippen molar-refractivity contribution in [3.05, 3.63) is 28.4 Å². The highest BCUT2D eigenvalue weighted by Gasteiger charge is 2.30. The largest absolute Gasteiger partial charge is 0.339 e. The molecule has 0 bridgehead atoms. The molecule has 2 N–H and O–H groups in total. The van der Waals surface area contributed by atoms with Crippen LogP contribution in [0.25, 0.3) is 11.0 Å². The first-order valence-electron chi connectivity index (χ1n) is 4.61. The molecule has 0 amide bonds. The van der Waals surface area contributed by atoms with Crippen LogP contribution in [0.5, 0.6) is 0 Å². The van der Waals surface area contributed by atoms with Crippen LogP contribution in [0.3, 0.4) is 0 Å². The summed E-state index contributed by atoms with van der Waals surface area (Å²) in [5.74, 6) is 0. The van der Waals surface area contributed by atoms with Crippen LogP contribution in [0.4, 0.5) is 0 Å². The summed E-state index contributed by atoms with van der Waals surface area (Å²) < 4.78 is 10.6. The van der Waals surface area contributed by atoms with Crippen LogP contribution in [0.1, 0.15) is 18.9 Å². The van der Waals surface area contributed by atoms with Gasteiger partial charge in [0.15, 0.2) is 6.29 Å². The lowest BCUT2D eigenvalue weighted by atomic mass is 10.3. The minimum absolute atomic E-state index is 0.171. The molecule has 1 aliphatic rings. The third-order valence-electron chi connectivity index (χ3n) is 2.34. The van der Waals surface area contributed by atoms with Crippen LogP contribution < -0.4 is 5.56 Å². The maximum atomic E-state index is 11.4. The summed E-state index contributed by atoms with van der Waals surface area (Å²) in [6, 6.07) is 1.69. The Hall–Kier alpha value is -1.66. The van der Waals surface area contributed by atoms with E-state index >= 15 is 0 Å². The summed E-state index contributed by atoms with van der Waals surface area (Å²) in [5, 5.41) is 0.513. The molecule has 0 unspecified atom stereocenters. The van der Waals surface area contributed by atoms with Crippen molar-refractivity contribution in [3.63, 3.8) is 0 Å². The molecular formula is C9H9N3O3. The van der Waals surface area contributed by atoms with E-state index in [1.54, 1.807) is 6.07 Å². The molecule has 1 saturated heterocycles. The third-order valence-corrected chi connectivity index (χ3v) is 2.34. The lowest BCUT2D eigenvalue weighted by Gasteiger charge is -2.32. The van der Waals surface area contributed by atoms with E-state index in [9.17, 15) is 4.79 Å². The maximum absolute atomic E-state index is 11.4. The molecule has 1 aliphatic heterocycles. The van der Waals surface area contributed by atoms with Crippen molar-refractivity contribution in [1.82, 2.24) is 15.0 Å². The highest BCUT2D eigenvalue weighted by Crippen LogP contribution is 2.31. The van der Waals surface area contributed by atoms with Gasteiger partial charge in [0.1, 0.15) is 5.65 Å². The van der Waals surface area contributed by atoms with Gasteiger partial charge < -0.3 is 19.4 Å². The molecule has 1 fully saturated rings. The Morgan fingerprint density at radius 3 is 2.93 bits per heavy atom. The Bertz CT molecular complexity index is 553. The first-order chi connectivity index (χ1) is 7.24. The molecule has 0 aliphatic carbocycles. The van der Waals surface area contributed by atoms with E-state index in [4.69, 9.17) is 9.47 Å². The number of hydrogen-bond donors (Lipinski definition) is 2. The highest BCUT2D eigenvalue weighted by molar-refractivity contribution is 5.75. The standard InChI is InChI=1S/C9H9N3O3/c1-4-14-9(15-4)6-2-5-7(12-6)10-3-11-8(5)13/h2-4,9H,1H3,(H2,10,11,12,13). The quantitative estimate of drug-likeness (QED) is 0.719. The second-order valence-electron chi connectivity index (χ2n) is 3.39. The Kier molecular flexibility index (Phi) is 1.68. The van der Waals surface area contributed by atoms with Gasteiger partial charge >= 0.3 is 0 Å². The molecule has 0 spiro atoms. The number of nitrogens with one attached hydrogen (secondary N) is 2. The van der Waals surface area contributed by atoms with Crippen molar-refractivity contribution in [2.24, 2.45) is 0 Å². The van der Waals surface area contributed by atoms with E-state index in [2.05, 4.69) is 15.0 Å². The molecule has 0 atom stereocenters. The van der Waals surface area contributed by atoms with Crippen molar-refractivity contribution < 1.29 is 9.47 Å². The molecule has 0 saturated carbocycles. The molecule has 0 radical (unpaired) electrons. The number of fused-ring (bicyclic) bond motifs is 1. The fourth-order valence-electron chi connectivity index (χ4n) is 1.60. The first-order valence-corrected chi connectivity index (χ1v) is 4.61. The summed E-state index contributed by atoms with van der Waals surface area (Å²) in [4.78, 5) is 20.9. The summed E-state index contributed by atoms with van der Waals surface area (Å²) >= 11 is 0. The van der Waals surface area contributed by atoms with Gasteiger partial charge in [-0.25, -0.2) is 4.98 Å². The first kappa shape index (κ1) is 8.63. The molecule has 2 aromatic heterocycles. The van der Waals surface area contributed by atoms with E-state index in [0.717, 1.165) is 0 Å². The number of nitrogens with zero attached hydrogens (tertiary/aromatic N) is 1. The van der Waals surface area contributed by atoms with Crippen molar-refractivity contribution in [3.8, 4) is 0 Å². The van der Waals surface area contributed by atoms with Gasteiger partial charge in [0.2, 0.25) is 6.29 Å². The third kappa shape index (κ3) is 1.26.